The van der Waals surface area contributed by atoms with Crippen molar-refractivity contribution < 1.29 is 4.79 Å². The highest BCUT2D eigenvalue weighted by Crippen LogP contribution is 2.39. The number of aromatic nitrogens is 1. The van der Waals surface area contributed by atoms with Crippen LogP contribution in [0, 0.1) is 5.92 Å². The third kappa shape index (κ3) is 2.27. The molecule has 1 aliphatic rings. The zero-order chi connectivity index (χ0) is 14.4. The van der Waals surface area contributed by atoms with Crippen LogP contribution in [0.5, 0.6) is 0 Å². The highest BCUT2D eigenvalue weighted by atomic mass is 35.5. The van der Waals surface area contributed by atoms with Gasteiger partial charge in [0.05, 0.1) is 15.4 Å². The lowest BCUT2D eigenvalue weighted by atomic mass is 10.1. The Kier molecular flexibility index (Phi) is 3.05. The molecule has 0 unspecified atom stereocenters. The van der Waals surface area contributed by atoms with Crippen LogP contribution >= 0.6 is 22.9 Å². The predicted octanol–water partition coefficient (Wildman–Crippen LogP) is 5.21. The van der Waals surface area contributed by atoms with E-state index in [0.717, 1.165) is 39.1 Å². The van der Waals surface area contributed by atoms with Crippen molar-refractivity contribution in [3.8, 4) is 10.4 Å². The van der Waals surface area contributed by atoms with Crippen LogP contribution in [0.15, 0.2) is 42.6 Å². The van der Waals surface area contributed by atoms with Gasteiger partial charge in [0.25, 0.3) is 0 Å². The van der Waals surface area contributed by atoms with Crippen LogP contribution in [0.25, 0.3) is 21.3 Å². The summed E-state index contributed by atoms with van der Waals surface area (Å²) in [5.41, 5.74) is 1.92. The molecule has 0 atom stereocenters. The average Bonchev–Trinajstić information content (AvgIpc) is 3.25. The van der Waals surface area contributed by atoms with Gasteiger partial charge in [-0.15, -0.1) is 11.3 Å². The number of pyridine rings is 1. The monoisotopic (exact) mass is 313 g/mol. The van der Waals surface area contributed by atoms with Crippen LogP contribution in [0.4, 0.5) is 0 Å². The standard InChI is InChI=1S/C17H12ClNOS/c18-13-6-5-12(16-11(13)2-1-9-19-16)14-7-8-15(21-14)17(20)10-3-4-10/h1-2,5-10H,3-4H2. The second-order valence-electron chi connectivity index (χ2n) is 5.30. The molecule has 0 saturated heterocycles. The molecule has 1 saturated carbocycles. The second-order valence-corrected chi connectivity index (χ2v) is 6.79. The van der Waals surface area contributed by atoms with E-state index in [4.69, 9.17) is 11.6 Å². The molecule has 2 nitrogen and oxygen atoms in total. The van der Waals surface area contributed by atoms with Gasteiger partial charge in [-0.05, 0) is 49.2 Å². The molecule has 1 aliphatic carbocycles. The Hall–Kier alpha value is -1.71. The summed E-state index contributed by atoms with van der Waals surface area (Å²) < 4.78 is 0. The first kappa shape index (κ1) is 13.0. The van der Waals surface area contributed by atoms with Gasteiger partial charge in [0.15, 0.2) is 5.78 Å². The topological polar surface area (TPSA) is 30.0 Å². The van der Waals surface area contributed by atoms with E-state index >= 15 is 0 Å². The number of carbonyl (C=O) groups is 1. The van der Waals surface area contributed by atoms with Crippen LogP contribution in [-0.2, 0) is 0 Å². The Morgan fingerprint density at radius 2 is 2.05 bits per heavy atom. The van der Waals surface area contributed by atoms with Crippen LogP contribution in [0.2, 0.25) is 5.02 Å². The van der Waals surface area contributed by atoms with Crippen LogP contribution < -0.4 is 0 Å². The van der Waals surface area contributed by atoms with E-state index in [1.54, 1.807) is 17.5 Å². The van der Waals surface area contributed by atoms with E-state index in [0.29, 0.717) is 5.02 Å². The van der Waals surface area contributed by atoms with Gasteiger partial charge in [0.2, 0.25) is 0 Å². The Balaban J connectivity index is 1.83. The maximum absolute atomic E-state index is 12.1. The largest absolute Gasteiger partial charge is 0.293 e. The van der Waals surface area contributed by atoms with Gasteiger partial charge < -0.3 is 0 Å². The zero-order valence-corrected chi connectivity index (χ0v) is 12.7. The lowest BCUT2D eigenvalue weighted by molar-refractivity contribution is 0.0971. The number of carbonyl (C=O) groups excluding carboxylic acids is 1. The van der Waals surface area contributed by atoms with Crippen molar-refractivity contribution >= 4 is 39.6 Å². The van der Waals surface area contributed by atoms with Crippen LogP contribution in [0.3, 0.4) is 0 Å². The van der Waals surface area contributed by atoms with E-state index < -0.39 is 0 Å². The van der Waals surface area contributed by atoms with Gasteiger partial charge in [0.1, 0.15) is 0 Å². The normalized spacial score (nSPS) is 14.5. The number of benzene rings is 1. The summed E-state index contributed by atoms with van der Waals surface area (Å²) in [6.07, 6.45) is 3.85. The number of rotatable bonds is 3. The van der Waals surface area contributed by atoms with Crippen molar-refractivity contribution in [2.75, 3.05) is 0 Å². The molecule has 4 rings (SSSR count). The number of nitrogens with zero attached hydrogens (tertiary/aromatic N) is 1. The minimum atomic E-state index is 0.261. The smallest absolute Gasteiger partial charge is 0.175 e. The maximum atomic E-state index is 12.1. The van der Waals surface area contributed by atoms with E-state index in [1.165, 1.54) is 0 Å². The van der Waals surface area contributed by atoms with Gasteiger partial charge in [0, 0.05) is 27.9 Å². The molecule has 0 N–H and O–H groups in total. The molecule has 1 fully saturated rings. The minimum Gasteiger partial charge on any atom is -0.293 e. The third-order valence-corrected chi connectivity index (χ3v) is 5.24. The lowest BCUT2D eigenvalue weighted by Gasteiger charge is -2.05. The van der Waals surface area contributed by atoms with Gasteiger partial charge in [-0.3, -0.25) is 9.78 Å². The zero-order valence-electron chi connectivity index (χ0n) is 11.2. The Labute approximate surface area is 131 Å². The number of ketones is 1. The number of hydrogen-bond acceptors (Lipinski definition) is 3. The van der Waals surface area contributed by atoms with Gasteiger partial charge >= 0.3 is 0 Å². The quantitative estimate of drug-likeness (QED) is 0.621. The number of thiophene rings is 1. The van der Waals surface area contributed by atoms with Crippen molar-refractivity contribution in [3.63, 3.8) is 0 Å². The molecule has 2 aromatic heterocycles. The van der Waals surface area contributed by atoms with Crippen LogP contribution in [0.1, 0.15) is 22.5 Å². The molecule has 0 spiro atoms. The predicted molar refractivity (Wildman–Crippen MR) is 87.1 cm³/mol. The summed E-state index contributed by atoms with van der Waals surface area (Å²) in [6.45, 7) is 0. The van der Waals surface area contributed by atoms with E-state index in [2.05, 4.69) is 4.98 Å². The average molecular weight is 314 g/mol. The summed E-state index contributed by atoms with van der Waals surface area (Å²) in [6, 6.07) is 11.7. The fourth-order valence-electron chi connectivity index (χ4n) is 2.50. The van der Waals surface area contributed by atoms with E-state index in [9.17, 15) is 4.79 Å². The van der Waals surface area contributed by atoms with Gasteiger partial charge in [-0.25, -0.2) is 0 Å². The van der Waals surface area contributed by atoms with Crippen LogP contribution in [-0.4, -0.2) is 10.8 Å². The molecule has 21 heavy (non-hydrogen) atoms. The summed E-state index contributed by atoms with van der Waals surface area (Å²) in [7, 11) is 0. The summed E-state index contributed by atoms with van der Waals surface area (Å²) in [4.78, 5) is 18.5. The molecule has 104 valence electrons. The fraction of sp³-hybridized carbons (Fsp3) is 0.176. The second kappa shape index (κ2) is 4.93. The SMILES string of the molecule is O=C(c1ccc(-c2ccc(Cl)c3cccnc23)s1)C1CC1. The van der Waals surface area contributed by atoms with Crippen molar-refractivity contribution in [3.05, 3.63) is 52.5 Å². The minimum absolute atomic E-state index is 0.261. The molecular formula is C17H12ClNOS. The number of halogens is 1. The number of hydrogen-bond donors (Lipinski definition) is 0. The Bertz CT molecular complexity index is 851. The summed E-state index contributed by atoms with van der Waals surface area (Å²) in [5, 5.41) is 1.65. The number of Topliss-reactive ketones (excluding diaryl/α,β-unsaturated/α-hetero) is 1. The maximum Gasteiger partial charge on any atom is 0.175 e. The van der Waals surface area contributed by atoms with Gasteiger partial charge in [-0.1, -0.05) is 11.6 Å². The van der Waals surface area contributed by atoms with Crippen molar-refractivity contribution in [2.45, 2.75) is 12.8 Å². The molecule has 0 radical (unpaired) electrons. The Morgan fingerprint density at radius 1 is 1.19 bits per heavy atom. The molecule has 3 aromatic rings. The fourth-order valence-corrected chi connectivity index (χ4v) is 3.76. The highest BCUT2D eigenvalue weighted by molar-refractivity contribution is 7.17. The summed E-state index contributed by atoms with van der Waals surface area (Å²) >= 11 is 7.78. The molecule has 4 heteroatoms. The lowest BCUT2D eigenvalue weighted by Crippen LogP contribution is -1.96. The first-order chi connectivity index (χ1) is 10.2. The molecular weight excluding hydrogens is 302 g/mol. The first-order valence-corrected chi connectivity index (χ1v) is 8.11. The summed E-state index contributed by atoms with van der Waals surface area (Å²) in [5.74, 6) is 0.550. The number of fused-ring (bicyclic) bond motifs is 1. The molecule has 0 bridgehead atoms. The van der Waals surface area contributed by atoms with Gasteiger partial charge in [-0.2, -0.15) is 0 Å². The van der Waals surface area contributed by atoms with Crippen molar-refractivity contribution in [2.24, 2.45) is 5.92 Å². The molecule has 1 aromatic carbocycles. The third-order valence-electron chi connectivity index (χ3n) is 3.78. The van der Waals surface area contributed by atoms with Crippen molar-refractivity contribution in [1.29, 1.82) is 0 Å². The van der Waals surface area contributed by atoms with E-state index in [1.807, 2.05) is 36.4 Å². The van der Waals surface area contributed by atoms with Crippen molar-refractivity contribution in [1.82, 2.24) is 4.98 Å². The first-order valence-electron chi connectivity index (χ1n) is 6.92. The molecule has 0 amide bonds. The highest BCUT2D eigenvalue weighted by Gasteiger charge is 2.31. The molecule has 0 aliphatic heterocycles. The van der Waals surface area contributed by atoms with E-state index in [-0.39, 0.29) is 11.7 Å². The Morgan fingerprint density at radius 3 is 2.86 bits per heavy atom. The molecule has 2 heterocycles.